The summed E-state index contributed by atoms with van der Waals surface area (Å²) in [4.78, 5) is 12.3. The van der Waals surface area contributed by atoms with Crippen LogP contribution in [-0.2, 0) is 11.4 Å². The van der Waals surface area contributed by atoms with Crippen molar-refractivity contribution in [2.24, 2.45) is 0 Å². The second-order valence-corrected chi connectivity index (χ2v) is 6.35. The molecule has 1 atom stereocenters. The molecule has 0 radical (unpaired) electrons. The van der Waals surface area contributed by atoms with Crippen LogP contribution in [0.5, 0.6) is 0 Å². The SMILES string of the molecule is CC(CC(=O)Nc1ccccc1C(C)C)Nc1ccccc1CO. The van der Waals surface area contributed by atoms with E-state index < -0.39 is 0 Å². The molecular formula is C20H26N2O2. The first kappa shape index (κ1) is 18.0. The fourth-order valence-corrected chi connectivity index (χ4v) is 2.71. The van der Waals surface area contributed by atoms with Gasteiger partial charge in [-0.3, -0.25) is 4.79 Å². The van der Waals surface area contributed by atoms with Gasteiger partial charge in [-0.25, -0.2) is 0 Å². The standard InChI is InChI=1S/C20H26N2O2/c1-14(2)17-9-5-7-11-19(17)22-20(24)12-15(3)21-18-10-6-4-8-16(18)13-23/h4-11,14-15,21,23H,12-13H2,1-3H3,(H,22,24). The van der Waals surface area contributed by atoms with Gasteiger partial charge in [0.1, 0.15) is 0 Å². The summed E-state index contributed by atoms with van der Waals surface area (Å²) in [5.74, 6) is 0.332. The summed E-state index contributed by atoms with van der Waals surface area (Å²) >= 11 is 0. The number of carbonyl (C=O) groups is 1. The first-order valence-electron chi connectivity index (χ1n) is 8.35. The summed E-state index contributed by atoms with van der Waals surface area (Å²) in [6.07, 6.45) is 0.353. The lowest BCUT2D eigenvalue weighted by Gasteiger charge is -2.18. The van der Waals surface area contributed by atoms with Crippen molar-refractivity contribution in [2.75, 3.05) is 10.6 Å². The number of nitrogens with one attached hydrogen (secondary N) is 2. The summed E-state index contributed by atoms with van der Waals surface area (Å²) < 4.78 is 0. The van der Waals surface area contributed by atoms with Crippen LogP contribution in [0.15, 0.2) is 48.5 Å². The molecule has 0 saturated heterocycles. The van der Waals surface area contributed by atoms with Gasteiger partial charge in [-0.1, -0.05) is 50.2 Å². The van der Waals surface area contributed by atoms with Gasteiger partial charge in [0.05, 0.1) is 6.61 Å². The molecule has 0 heterocycles. The topological polar surface area (TPSA) is 61.4 Å². The van der Waals surface area contributed by atoms with E-state index in [-0.39, 0.29) is 18.6 Å². The van der Waals surface area contributed by atoms with E-state index in [1.54, 1.807) is 0 Å². The maximum absolute atomic E-state index is 12.3. The number of benzene rings is 2. The van der Waals surface area contributed by atoms with E-state index in [0.29, 0.717) is 12.3 Å². The summed E-state index contributed by atoms with van der Waals surface area (Å²) in [5.41, 5.74) is 3.70. The quantitative estimate of drug-likeness (QED) is 0.717. The van der Waals surface area contributed by atoms with Crippen LogP contribution in [0.4, 0.5) is 11.4 Å². The lowest BCUT2D eigenvalue weighted by Crippen LogP contribution is -2.24. The monoisotopic (exact) mass is 326 g/mol. The Bertz CT molecular complexity index is 683. The Balaban J connectivity index is 1.97. The van der Waals surface area contributed by atoms with Crippen LogP contribution >= 0.6 is 0 Å². The van der Waals surface area contributed by atoms with Gasteiger partial charge in [-0.15, -0.1) is 0 Å². The van der Waals surface area contributed by atoms with Gasteiger partial charge in [0.2, 0.25) is 5.91 Å². The van der Waals surface area contributed by atoms with Gasteiger partial charge in [-0.2, -0.15) is 0 Å². The average Bonchev–Trinajstić information content (AvgIpc) is 2.55. The zero-order valence-corrected chi connectivity index (χ0v) is 14.5. The van der Waals surface area contributed by atoms with Crippen LogP contribution in [0.25, 0.3) is 0 Å². The molecule has 0 fully saturated rings. The fraction of sp³-hybridized carbons (Fsp3) is 0.350. The van der Waals surface area contributed by atoms with Crippen LogP contribution in [0.1, 0.15) is 44.2 Å². The van der Waals surface area contributed by atoms with Crippen molar-refractivity contribution in [1.29, 1.82) is 0 Å². The Labute approximate surface area is 143 Å². The predicted molar refractivity (Wildman–Crippen MR) is 99.2 cm³/mol. The molecule has 0 bridgehead atoms. The van der Waals surface area contributed by atoms with Crippen molar-refractivity contribution in [2.45, 2.75) is 45.8 Å². The van der Waals surface area contributed by atoms with E-state index in [0.717, 1.165) is 22.5 Å². The van der Waals surface area contributed by atoms with Crippen LogP contribution < -0.4 is 10.6 Å². The molecule has 2 aromatic carbocycles. The highest BCUT2D eigenvalue weighted by molar-refractivity contribution is 5.92. The summed E-state index contributed by atoms with van der Waals surface area (Å²) in [5, 5.41) is 15.7. The van der Waals surface area contributed by atoms with Gasteiger partial charge < -0.3 is 15.7 Å². The molecule has 0 spiro atoms. The molecule has 128 valence electrons. The number of amides is 1. The van der Waals surface area contributed by atoms with E-state index in [1.165, 1.54) is 0 Å². The number of aliphatic hydroxyl groups excluding tert-OH is 1. The second-order valence-electron chi connectivity index (χ2n) is 6.35. The first-order chi connectivity index (χ1) is 11.5. The number of hydrogen-bond donors (Lipinski definition) is 3. The summed E-state index contributed by atoms with van der Waals surface area (Å²) in [7, 11) is 0. The molecule has 1 amide bonds. The highest BCUT2D eigenvalue weighted by atomic mass is 16.3. The number of anilines is 2. The highest BCUT2D eigenvalue weighted by Gasteiger charge is 2.13. The Morgan fingerprint density at radius 1 is 1.00 bits per heavy atom. The van der Waals surface area contributed by atoms with E-state index >= 15 is 0 Å². The first-order valence-corrected chi connectivity index (χ1v) is 8.35. The molecule has 0 aliphatic heterocycles. The molecule has 2 aromatic rings. The third-order valence-electron chi connectivity index (χ3n) is 3.94. The van der Waals surface area contributed by atoms with Gasteiger partial charge >= 0.3 is 0 Å². The third-order valence-corrected chi connectivity index (χ3v) is 3.94. The Hall–Kier alpha value is -2.33. The summed E-state index contributed by atoms with van der Waals surface area (Å²) in [6, 6.07) is 15.4. The molecule has 2 rings (SSSR count). The van der Waals surface area contributed by atoms with E-state index in [4.69, 9.17) is 0 Å². The lowest BCUT2D eigenvalue weighted by atomic mass is 10.0. The van der Waals surface area contributed by atoms with E-state index in [9.17, 15) is 9.90 Å². The number of carbonyl (C=O) groups excluding carboxylic acids is 1. The number of aliphatic hydroxyl groups is 1. The fourth-order valence-electron chi connectivity index (χ4n) is 2.71. The van der Waals surface area contributed by atoms with Crippen LogP contribution in [-0.4, -0.2) is 17.1 Å². The minimum atomic E-state index is -0.0380. The molecule has 0 aromatic heterocycles. The van der Waals surface area contributed by atoms with Crippen molar-refractivity contribution in [1.82, 2.24) is 0 Å². The zero-order chi connectivity index (χ0) is 17.5. The maximum Gasteiger partial charge on any atom is 0.226 e. The van der Waals surface area contributed by atoms with Gasteiger partial charge in [0.15, 0.2) is 0 Å². The third kappa shape index (κ3) is 4.83. The molecule has 3 N–H and O–H groups in total. The molecule has 0 aliphatic carbocycles. The minimum absolute atomic E-state index is 0.0235. The maximum atomic E-state index is 12.3. The van der Waals surface area contributed by atoms with Crippen LogP contribution in [0.3, 0.4) is 0 Å². The summed E-state index contributed by atoms with van der Waals surface area (Å²) in [6.45, 7) is 6.16. The van der Waals surface area contributed by atoms with Crippen molar-refractivity contribution < 1.29 is 9.90 Å². The van der Waals surface area contributed by atoms with Crippen molar-refractivity contribution in [3.8, 4) is 0 Å². The van der Waals surface area contributed by atoms with Crippen LogP contribution in [0, 0.1) is 0 Å². The van der Waals surface area contributed by atoms with Gasteiger partial charge in [-0.05, 0) is 30.5 Å². The smallest absolute Gasteiger partial charge is 0.226 e. The lowest BCUT2D eigenvalue weighted by molar-refractivity contribution is -0.116. The molecule has 24 heavy (non-hydrogen) atoms. The molecule has 0 aliphatic rings. The molecule has 1 unspecified atom stereocenters. The van der Waals surface area contributed by atoms with Crippen molar-refractivity contribution in [3.63, 3.8) is 0 Å². The Kier molecular flexibility index (Phi) is 6.38. The normalized spacial score (nSPS) is 12.0. The highest BCUT2D eigenvalue weighted by Crippen LogP contribution is 2.24. The molecule has 0 saturated carbocycles. The van der Waals surface area contributed by atoms with Crippen molar-refractivity contribution in [3.05, 3.63) is 59.7 Å². The zero-order valence-electron chi connectivity index (χ0n) is 14.5. The van der Waals surface area contributed by atoms with Gasteiger partial charge in [0, 0.05) is 29.4 Å². The van der Waals surface area contributed by atoms with Gasteiger partial charge in [0.25, 0.3) is 0 Å². The number of rotatable bonds is 7. The minimum Gasteiger partial charge on any atom is -0.392 e. The molecule has 4 heteroatoms. The van der Waals surface area contributed by atoms with Crippen LogP contribution in [0.2, 0.25) is 0 Å². The predicted octanol–water partition coefficient (Wildman–Crippen LogP) is 4.13. The second kappa shape index (κ2) is 8.50. The van der Waals surface area contributed by atoms with E-state index in [1.807, 2.05) is 55.5 Å². The average molecular weight is 326 g/mol. The molecule has 4 nitrogen and oxygen atoms in total. The largest absolute Gasteiger partial charge is 0.392 e. The Morgan fingerprint density at radius 3 is 2.29 bits per heavy atom. The number of para-hydroxylation sites is 2. The van der Waals surface area contributed by atoms with E-state index in [2.05, 4.69) is 24.5 Å². The van der Waals surface area contributed by atoms with Crippen molar-refractivity contribution >= 4 is 17.3 Å². The number of hydrogen-bond acceptors (Lipinski definition) is 3. The Morgan fingerprint density at radius 2 is 1.62 bits per heavy atom. The molecular weight excluding hydrogens is 300 g/mol.